The van der Waals surface area contributed by atoms with Crippen molar-refractivity contribution in [2.75, 3.05) is 0 Å². The molecule has 5 nitrogen and oxygen atoms in total. The van der Waals surface area contributed by atoms with Crippen molar-refractivity contribution in [2.45, 2.75) is 27.2 Å². The van der Waals surface area contributed by atoms with Crippen LogP contribution in [0.15, 0.2) is 0 Å². The highest BCUT2D eigenvalue weighted by molar-refractivity contribution is 5.88. The summed E-state index contributed by atoms with van der Waals surface area (Å²) in [6.45, 7) is 3.95. The number of hydrogen-bond acceptors (Lipinski definition) is 3. The molecular formula is C9H13NO4. The minimum Gasteiger partial charge on any atom is -0.481 e. The Bertz CT molecular complexity index is 306. The first-order valence-electron chi connectivity index (χ1n) is 4.14. The van der Waals surface area contributed by atoms with E-state index in [0.29, 0.717) is 0 Å². The third-order valence-corrected chi connectivity index (χ3v) is 2.93. The van der Waals surface area contributed by atoms with Gasteiger partial charge in [0, 0.05) is 0 Å². The van der Waals surface area contributed by atoms with Crippen LogP contribution in [0.25, 0.3) is 0 Å². The Balaban J connectivity index is 5.53. The van der Waals surface area contributed by atoms with Crippen molar-refractivity contribution >= 4 is 11.9 Å². The van der Waals surface area contributed by atoms with E-state index >= 15 is 0 Å². The number of aliphatic carboxylic acids is 2. The Morgan fingerprint density at radius 2 is 1.71 bits per heavy atom. The summed E-state index contributed by atoms with van der Waals surface area (Å²) >= 11 is 0. The molecule has 0 aromatic heterocycles. The van der Waals surface area contributed by atoms with Gasteiger partial charge in [0.25, 0.3) is 0 Å². The summed E-state index contributed by atoms with van der Waals surface area (Å²) < 4.78 is 0. The molecule has 0 aliphatic heterocycles. The van der Waals surface area contributed by atoms with Gasteiger partial charge in [-0.2, -0.15) is 5.26 Å². The van der Waals surface area contributed by atoms with E-state index in [1.807, 2.05) is 0 Å². The van der Waals surface area contributed by atoms with Gasteiger partial charge >= 0.3 is 11.9 Å². The Morgan fingerprint density at radius 3 is 1.79 bits per heavy atom. The lowest BCUT2D eigenvalue weighted by molar-refractivity contribution is -0.166. The summed E-state index contributed by atoms with van der Waals surface area (Å²) in [5.74, 6) is -2.68. The molecule has 2 unspecified atom stereocenters. The molecule has 0 aromatic carbocycles. The maximum Gasteiger partial charge on any atom is 0.324 e. The lowest BCUT2D eigenvalue weighted by Crippen LogP contribution is -2.47. The molecule has 5 heteroatoms. The van der Waals surface area contributed by atoms with Gasteiger partial charge in [-0.1, -0.05) is 6.92 Å². The number of hydrogen-bond donors (Lipinski definition) is 2. The van der Waals surface area contributed by atoms with Crippen LogP contribution in [0.1, 0.15) is 27.2 Å². The van der Waals surface area contributed by atoms with E-state index in [0.717, 1.165) is 6.92 Å². The highest BCUT2D eigenvalue weighted by Gasteiger charge is 2.55. The number of carboxylic acids is 2. The van der Waals surface area contributed by atoms with Crippen LogP contribution in [0.4, 0.5) is 0 Å². The van der Waals surface area contributed by atoms with E-state index < -0.39 is 22.8 Å². The molecule has 0 heterocycles. The Labute approximate surface area is 82.0 Å². The Kier molecular flexibility index (Phi) is 3.25. The minimum atomic E-state index is -1.91. The van der Waals surface area contributed by atoms with Crippen molar-refractivity contribution < 1.29 is 19.8 Å². The zero-order chi connectivity index (χ0) is 11.6. The van der Waals surface area contributed by atoms with Gasteiger partial charge in [0.2, 0.25) is 0 Å². The van der Waals surface area contributed by atoms with Crippen LogP contribution in [0.2, 0.25) is 0 Å². The van der Waals surface area contributed by atoms with E-state index in [4.69, 9.17) is 15.5 Å². The SMILES string of the molecule is CCC(C)(C(=O)O)C(C)(C#N)C(=O)O. The van der Waals surface area contributed by atoms with Crippen molar-refractivity contribution in [3.63, 3.8) is 0 Å². The van der Waals surface area contributed by atoms with Crippen molar-refractivity contribution in [1.29, 1.82) is 5.26 Å². The summed E-state index contributed by atoms with van der Waals surface area (Å²) in [5, 5.41) is 26.6. The molecule has 0 saturated heterocycles. The lowest BCUT2D eigenvalue weighted by Gasteiger charge is -2.33. The molecule has 0 aliphatic rings. The number of nitriles is 1. The number of rotatable bonds is 4. The largest absolute Gasteiger partial charge is 0.481 e. The second-order valence-electron chi connectivity index (χ2n) is 3.53. The van der Waals surface area contributed by atoms with E-state index in [9.17, 15) is 9.59 Å². The van der Waals surface area contributed by atoms with Crippen molar-refractivity contribution in [1.82, 2.24) is 0 Å². The molecule has 0 bridgehead atoms. The zero-order valence-corrected chi connectivity index (χ0v) is 8.37. The predicted molar refractivity (Wildman–Crippen MR) is 47.4 cm³/mol. The van der Waals surface area contributed by atoms with Crippen LogP contribution >= 0.6 is 0 Å². The molecule has 14 heavy (non-hydrogen) atoms. The van der Waals surface area contributed by atoms with Gasteiger partial charge in [-0.25, -0.2) is 0 Å². The van der Waals surface area contributed by atoms with Gasteiger partial charge < -0.3 is 10.2 Å². The number of nitrogens with zero attached hydrogens (tertiary/aromatic N) is 1. The van der Waals surface area contributed by atoms with Crippen LogP contribution in [-0.4, -0.2) is 22.2 Å². The smallest absolute Gasteiger partial charge is 0.324 e. The van der Waals surface area contributed by atoms with Gasteiger partial charge in [0.1, 0.15) is 0 Å². The second-order valence-corrected chi connectivity index (χ2v) is 3.53. The standard InChI is InChI=1S/C9H13NO4/c1-4-8(2,6(11)12)9(3,5-10)7(13)14/h4H2,1-3H3,(H,11,12)(H,13,14). The van der Waals surface area contributed by atoms with Crippen LogP contribution in [-0.2, 0) is 9.59 Å². The third-order valence-electron chi connectivity index (χ3n) is 2.93. The summed E-state index contributed by atoms with van der Waals surface area (Å²) in [4.78, 5) is 21.8. The Morgan fingerprint density at radius 1 is 1.29 bits per heavy atom. The molecule has 0 amide bonds. The van der Waals surface area contributed by atoms with Gasteiger partial charge in [-0.05, 0) is 20.3 Å². The average molecular weight is 199 g/mol. The van der Waals surface area contributed by atoms with Crippen molar-refractivity contribution in [2.24, 2.45) is 10.8 Å². The van der Waals surface area contributed by atoms with E-state index in [1.54, 1.807) is 13.0 Å². The third kappa shape index (κ3) is 1.43. The van der Waals surface area contributed by atoms with Crippen molar-refractivity contribution in [3.05, 3.63) is 0 Å². The highest BCUT2D eigenvalue weighted by Crippen LogP contribution is 2.42. The van der Waals surface area contributed by atoms with Gasteiger partial charge in [0.05, 0.1) is 11.5 Å². The maximum absolute atomic E-state index is 10.9. The molecule has 78 valence electrons. The first-order valence-corrected chi connectivity index (χ1v) is 4.14. The summed E-state index contributed by atoms with van der Waals surface area (Å²) in [6.07, 6.45) is 0.0820. The van der Waals surface area contributed by atoms with Gasteiger partial charge in [-0.3, -0.25) is 9.59 Å². The first kappa shape index (κ1) is 12.4. The summed E-state index contributed by atoms with van der Waals surface area (Å²) in [5.41, 5.74) is -3.48. The van der Waals surface area contributed by atoms with E-state index in [1.165, 1.54) is 6.92 Å². The molecule has 2 N–H and O–H groups in total. The normalized spacial score (nSPS) is 18.7. The lowest BCUT2D eigenvalue weighted by atomic mass is 9.64. The topological polar surface area (TPSA) is 98.4 Å². The molecule has 0 radical (unpaired) electrons. The predicted octanol–water partition coefficient (Wildman–Crippen LogP) is 1.10. The number of carbonyl (C=O) groups is 2. The zero-order valence-electron chi connectivity index (χ0n) is 8.37. The number of carboxylic acid groups (broad SMARTS) is 2. The fraction of sp³-hybridized carbons (Fsp3) is 0.667. The maximum atomic E-state index is 10.9. The fourth-order valence-electron chi connectivity index (χ4n) is 1.13. The fourth-order valence-corrected chi connectivity index (χ4v) is 1.13. The molecule has 0 aromatic rings. The molecule has 0 saturated carbocycles. The molecule has 0 fully saturated rings. The molecular weight excluding hydrogens is 186 g/mol. The van der Waals surface area contributed by atoms with Crippen molar-refractivity contribution in [3.8, 4) is 6.07 Å². The monoisotopic (exact) mass is 199 g/mol. The molecule has 0 spiro atoms. The minimum absolute atomic E-state index is 0.0820. The second kappa shape index (κ2) is 3.66. The molecule has 0 aliphatic carbocycles. The van der Waals surface area contributed by atoms with E-state index in [2.05, 4.69) is 0 Å². The quantitative estimate of drug-likeness (QED) is 0.706. The molecule has 2 atom stereocenters. The van der Waals surface area contributed by atoms with Gasteiger partial charge in [0.15, 0.2) is 5.41 Å². The van der Waals surface area contributed by atoms with Crippen LogP contribution in [0, 0.1) is 22.2 Å². The van der Waals surface area contributed by atoms with Crippen LogP contribution in [0.3, 0.4) is 0 Å². The van der Waals surface area contributed by atoms with Crippen LogP contribution in [0.5, 0.6) is 0 Å². The highest BCUT2D eigenvalue weighted by atomic mass is 16.4. The molecule has 0 rings (SSSR count). The van der Waals surface area contributed by atoms with Crippen LogP contribution < -0.4 is 0 Å². The summed E-state index contributed by atoms with van der Waals surface area (Å²) in [6, 6.07) is 1.57. The Hall–Kier alpha value is -1.57. The van der Waals surface area contributed by atoms with E-state index in [-0.39, 0.29) is 6.42 Å². The van der Waals surface area contributed by atoms with Gasteiger partial charge in [-0.15, -0.1) is 0 Å². The first-order chi connectivity index (χ1) is 6.26. The average Bonchev–Trinajstić information content (AvgIpc) is 2.14. The summed E-state index contributed by atoms with van der Waals surface area (Å²) in [7, 11) is 0.